The monoisotopic (exact) mass is 380 g/mol. The van der Waals surface area contributed by atoms with Gasteiger partial charge in [0.25, 0.3) is 5.91 Å². The van der Waals surface area contributed by atoms with Gasteiger partial charge in [-0.2, -0.15) is 4.99 Å². The normalized spacial score (nSPS) is 12.8. The molecule has 1 atom stereocenters. The lowest BCUT2D eigenvalue weighted by atomic mass is 10.1. The molecule has 0 aliphatic rings. The van der Waals surface area contributed by atoms with Crippen molar-refractivity contribution in [3.05, 3.63) is 86.7 Å². The van der Waals surface area contributed by atoms with Gasteiger partial charge in [-0.1, -0.05) is 48.0 Å². The van der Waals surface area contributed by atoms with Crippen LogP contribution in [-0.4, -0.2) is 21.6 Å². The molecular weight excluding hydrogens is 360 g/mol. The molecule has 2 aromatic carbocycles. The van der Waals surface area contributed by atoms with Crippen LogP contribution in [0, 0.1) is 20.8 Å². The van der Waals surface area contributed by atoms with Crippen LogP contribution in [0.1, 0.15) is 38.1 Å². The van der Waals surface area contributed by atoms with Crippen molar-refractivity contribution in [3.8, 4) is 0 Å². The number of thiazole rings is 1. The third-order valence-electron chi connectivity index (χ3n) is 4.42. The summed E-state index contributed by atoms with van der Waals surface area (Å²) in [6, 6.07) is 15.2. The van der Waals surface area contributed by atoms with Crippen molar-refractivity contribution in [1.82, 2.24) is 4.57 Å². The lowest BCUT2D eigenvalue weighted by Gasteiger charge is -2.17. The number of aromatic nitrogens is 1. The van der Waals surface area contributed by atoms with Crippen LogP contribution in [0.25, 0.3) is 0 Å². The van der Waals surface area contributed by atoms with Crippen molar-refractivity contribution in [1.29, 1.82) is 0 Å². The summed E-state index contributed by atoms with van der Waals surface area (Å²) < 4.78 is 1.63. The van der Waals surface area contributed by atoms with Crippen molar-refractivity contribution < 1.29 is 14.7 Å². The van der Waals surface area contributed by atoms with E-state index in [0.29, 0.717) is 15.9 Å². The fraction of sp³-hybridized carbons (Fsp3) is 0.190. The van der Waals surface area contributed by atoms with Gasteiger partial charge in [0, 0.05) is 16.1 Å². The Labute approximate surface area is 161 Å². The molecule has 138 valence electrons. The number of carboxylic acid groups (broad SMARTS) is 1. The first kappa shape index (κ1) is 18.8. The highest BCUT2D eigenvalue weighted by atomic mass is 32.1. The van der Waals surface area contributed by atoms with E-state index in [9.17, 15) is 14.7 Å². The topological polar surface area (TPSA) is 71.7 Å². The largest absolute Gasteiger partial charge is 0.479 e. The van der Waals surface area contributed by atoms with Crippen LogP contribution in [0.4, 0.5) is 0 Å². The molecule has 27 heavy (non-hydrogen) atoms. The minimum absolute atomic E-state index is 0.381. The zero-order valence-electron chi connectivity index (χ0n) is 15.3. The smallest absolute Gasteiger partial charge is 0.331 e. The summed E-state index contributed by atoms with van der Waals surface area (Å²) in [5.74, 6) is -1.38. The second-order valence-corrected chi connectivity index (χ2v) is 7.51. The van der Waals surface area contributed by atoms with Gasteiger partial charge in [0.1, 0.15) is 0 Å². The number of carbonyl (C=O) groups is 2. The van der Waals surface area contributed by atoms with E-state index in [1.165, 1.54) is 11.3 Å². The summed E-state index contributed by atoms with van der Waals surface area (Å²) in [6.07, 6.45) is 0. The van der Waals surface area contributed by atoms with E-state index in [1.807, 2.05) is 39.0 Å². The fourth-order valence-corrected chi connectivity index (χ4v) is 3.83. The molecule has 0 radical (unpaired) electrons. The fourth-order valence-electron chi connectivity index (χ4n) is 2.84. The Bertz CT molecular complexity index is 1050. The van der Waals surface area contributed by atoms with E-state index < -0.39 is 12.0 Å². The molecule has 5 nitrogen and oxygen atoms in total. The Morgan fingerprint density at radius 3 is 2.22 bits per heavy atom. The quantitative estimate of drug-likeness (QED) is 0.746. The predicted molar refractivity (Wildman–Crippen MR) is 105 cm³/mol. The van der Waals surface area contributed by atoms with Gasteiger partial charge in [-0.05, 0) is 38.5 Å². The standard InChI is InChI=1S/C21H20N2O3S/c1-13-9-11-17(12-10-13)19(24)22-21-23(14(2)15(3)27-21)18(20(25)26)16-7-5-4-6-8-16/h4-12,18H,1-3H3,(H,25,26). The molecule has 1 unspecified atom stereocenters. The highest BCUT2D eigenvalue weighted by Crippen LogP contribution is 2.22. The van der Waals surface area contributed by atoms with E-state index >= 15 is 0 Å². The highest BCUT2D eigenvalue weighted by molar-refractivity contribution is 7.09. The number of aryl methyl sites for hydroxylation is 2. The third-order valence-corrected chi connectivity index (χ3v) is 5.50. The molecule has 0 fully saturated rings. The lowest BCUT2D eigenvalue weighted by molar-refractivity contribution is -0.139. The maximum absolute atomic E-state index is 12.6. The molecule has 0 spiro atoms. The summed E-state index contributed by atoms with van der Waals surface area (Å²) in [5, 5.41) is 9.88. The SMILES string of the molecule is Cc1ccc(C(=O)N=c2sc(C)c(C)n2C(C(=O)O)c2ccccc2)cc1. The van der Waals surface area contributed by atoms with Gasteiger partial charge in [-0.25, -0.2) is 4.79 Å². The van der Waals surface area contributed by atoms with Crippen molar-refractivity contribution in [2.75, 3.05) is 0 Å². The van der Waals surface area contributed by atoms with Gasteiger partial charge in [0.2, 0.25) is 0 Å². The van der Waals surface area contributed by atoms with Gasteiger partial charge in [-0.3, -0.25) is 4.79 Å². The molecule has 1 N–H and O–H groups in total. The minimum atomic E-state index is -0.994. The van der Waals surface area contributed by atoms with E-state index in [4.69, 9.17) is 0 Å². The maximum atomic E-state index is 12.6. The number of carbonyl (C=O) groups excluding carboxylic acids is 1. The third kappa shape index (κ3) is 3.90. The summed E-state index contributed by atoms with van der Waals surface area (Å²) >= 11 is 1.32. The van der Waals surface area contributed by atoms with Crippen LogP contribution in [-0.2, 0) is 4.79 Å². The number of rotatable bonds is 4. The zero-order valence-corrected chi connectivity index (χ0v) is 16.2. The summed E-state index contributed by atoms with van der Waals surface area (Å²) in [4.78, 5) is 30.2. The number of benzene rings is 2. The van der Waals surface area contributed by atoms with E-state index in [2.05, 4.69) is 4.99 Å². The average molecular weight is 380 g/mol. The van der Waals surface area contributed by atoms with E-state index in [-0.39, 0.29) is 5.91 Å². The minimum Gasteiger partial charge on any atom is -0.479 e. The Morgan fingerprint density at radius 1 is 1.00 bits per heavy atom. The Kier molecular flexibility index (Phi) is 5.37. The molecule has 0 aliphatic carbocycles. The van der Waals surface area contributed by atoms with Crippen LogP contribution in [0.5, 0.6) is 0 Å². The van der Waals surface area contributed by atoms with Crippen LogP contribution in [0.3, 0.4) is 0 Å². The first-order chi connectivity index (χ1) is 12.9. The number of aliphatic carboxylic acids is 1. The number of hydrogen-bond acceptors (Lipinski definition) is 3. The Hall–Kier alpha value is -2.99. The van der Waals surface area contributed by atoms with Crippen molar-refractivity contribution in [2.45, 2.75) is 26.8 Å². The van der Waals surface area contributed by atoms with Crippen molar-refractivity contribution >= 4 is 23.2 Å². The molecule has 1 amide bonds. The molecule has 0 saturated heterocycles. The van der Waals surface area contributed by atoms with Crippen LogP contribution < -0.4 is 4.80 Å². The number of carboxylic acids is 1. The predicted octanol–water partition coefficient (Wildman–Crippen LogP) is 3.89. The molecule has 1 heterocycles. The molecule has 3 aromatic rings. The second kappa shape index (κ2) is 7.72. The van der Waals surface area contributed by atoms with Gasteiger partial charge in [-0.15, -0.1) is 11.3 Å². The van der Waals surface area contributed by atoms with Crippen LogP contribution in [0.2, 0.25) is 0 Å². The Balaban J connectivity index is 2.15. The molecule has 0 saturated carbocycles. The van der Waals surface area contributed by atoms with Gasteiger partial charge in [0.05, 0.1) is 0 Å². The van der Waals surface area contributed by atoms with E-state index in [0.717, 1.165) is 16.1 Å². The zero-order chi connectivity index (χ0) is 19.6. The number of hydrogen-bond donors (Lipinski definition) is 1. The summed E-state index contributed by atoms with van der Waals surface area (Å²) in [5.41, 5.74) is 2.95. The highest BCUT2D eigenvalue weighted by Gasteiger charge is 2.25. The molecular formula is C21H20N2O3S. The lowest BCUT2D eigenvalue weighted by Crippen LogP contribution is -2.29. The number of amides is 1. The Morgan fingerprint density at radius 2 is 1.63 bits per heavy atom. The molecule has 6 heteroatoms. The van der Waals surface area contributed by atoms with E-state index in [1.54, 1.807) is 41.0 Å². The van der Waals surface area contributed by atoms with Gasteiger partial charge < -0.3 is 9.67 Å². The number of nitrogens with zero attached hydrogens (tertiary/aromatic N) is 2. The molecule has 0 aliphatic heterocycles. The summed E-state index contributed by atoms with van der Waals surface area (Å²) in [7, 11) is 0. The average Bonchev–Trinajstić information content (AvgIpc) is 2.91. The van der Waals surface area contributed by atoms with Crippen LogP contribution >= 0.6 is 11.3 Å². The molecule has 0 bridgehead atoms. The summed E-state index contributed by atoms with van der Waals surface area (Å²) in [6.45, 7) is 5.69. The molecule has 3 rings (SSSR count). The second-order valence-electron chi connectivity index (χ2n) is 6.33. The first-order valence-electron chi connectivity index (χ1n) is 8.50. The van der Waals surface area contributed by atoms with Gasteiger partial charge >= 0.3 is 5.97 Å². The van der Waals surface area contributed by atoms with Crippen LogP contribution in [0.15, 0.2) is 59.6 Å². The van der Waals surface area contributed by atoms with Gasteiger partial charge in [0.15, 0.2) is 10.8 Å². The first-order valence-corrected chi connectivity index (χ1v) is 9.32. The molecule has 1 aromatic heterocycles. The van der Waals surface area contributed by atoms with Crippen molar-refractivity contribution in [2.24, 2.45) is 4.99 Å². The maximum Gasteiger partial charge on any atom is 0.331 e. The van der Waals surface area contributed by atoms with Crippen molar-refractivity contribution in [3.63, 3.8) is 0 Å².